The van der Waals surface area contributed by atoms with E-state index in [9.17, 15) is 18.3 Å². The second-order valence-electron chi connectivity index (χ2n) is 3.47. The Hall–Kier alpha value is -1.51. The van der Waals surface area contributed by atoms with Crippen molar-refractivity contribution in [1.82, 2.24) is 5.32 Å². The number of rotatable bonds is 4. The van der Waals surface area contributed by atoms with Crippen molar-refractivity contribution < 1.29 is 18.3 Å². The van der Waals surface area contributed by atoms with Gasteiger partial charge in [-0.15, -0.1) is 6.42 Å². The van der Waals surface area contributed by atoms with Gasteiger partial charge in [-0.1, -0.05) is 18.1 Å². The zero-order valence-electron chi connectivity index (χ0n) is 8.96. The van der Waals surface area contributed by atoms with Gasteiger partial charge >= 0.3 is 6.18 Å². The summed E-state index contributed by atoms with van der Waals surface area (Å²) in [6.45, 7) is 0.377. The molecule has 0 fully saturated rings. The first-order valence-corrected chi connectivity index (χ1v) is 4.94. The maximum Gasteiger partial charge on any atom is 0.416 e. The number of terminal acetylenes is 1. The minimum Gasteiger partial charge on any atom is -0.387 e. The zero-order chi connectivity index (χ0) is 12.9. The summed E-state index contributed by atoms with van der Waals surface area (Å²) < 4.78 is 37.2. The number of aliphatic hydroxyl groups is 1. The molecule has 0 bridgehead atoms. The predicted molar refractivity (Wildman–Crippen MR) is 58.1 cm³/mol. The lowest BCUT2D eigenvalue weighted by atomic mass is 10.1. The van der Waals surface area contributed by atoms with E-state index in [2.05, 4.69) is 11.2 Å². The highest BCUT2D eigenvalue weighted by Gasteiger charge is 2.30. The molecule has 2 N–H and O–H groups in total. The molecule has 0 aromatic heterocycles. The van der Waals surface area contributed by atoms with Crippen LogP contribution in [0, 0.1) is 12.3 Å². The second-order valence-corrected chi connectivity index (χ2v) is 3.47. The monoisotopic (exact) mass is 243 g/mol. The van der Waals surface area contributed by atoms with Crippen LogP contribution in [0.2, 0.25) is 0 Å². The molecule has 1 atom stereocenters. The van der Waals surface area contributed by atoms with E-state index in [1.165, 1.54) is 12.1 Å². The Bertz CT molecular complexity index is 409. The largest absolute Gasteiger partial charge is 0.416 e. The van der Waals surface area contributed by atoms with E-state index >= 15 is 0 Å². The molecular weight excluding hydrogens is 231 g/mol. The fraction of sp³-hybridized carbons (Fsp3) is 0.333. The highest BCUT2D eigenvalue weighted by atomic mass is 19.4. The SMILES string of the molecule is C#CCNCC(O)c1cccc(C(F)(F)F)c1. The van der Waals surface area contributed by atoms with Gasteiger partial charge in [0, 0.05) is 6.54 Å². The van der Waals surface area contributed by atoms with Gasteiger partial charge in [-0.3, -0.25) is 0 Å². The van der Waals surface area contributed by atoms with Crippen molar-refractivity contribution in [2.75, 3.05) is 13.1 Å². The standard InChI is InChI=1S/C12H12F3NO/c1-2-6-16-8-11(17)9-4-3-5-10(7-9)12(13,14)15/h1,3-5,7,11,16-17H,6,8H2. The lowest BCUT2D eigenvalue weighted by Gasteiger charge is -2.13. The van der Waals surface area contributed by atoms with Crippen molar-refractivity contribution in [1.29, 1.82) is 0 Å². The van der Waals surface area contributed by atoms with Crippen molar-refractivity contribution in [2.24, 2.45) is 0 Å². The average molecular weight is 243 g/mol. The first-order valence-electron chi connectivity index (χ1n) is 4.94. The Morgan fingerprint density at radius 3 is 2.71 bits per heavy atom. The van der Waals surface area contributed by atoms with Crippen LogP contribution in [0.1, 0.15) is 17.2 Å². The lowest BCUT2D eigenvalue weighted by molar-refractivity contribution is -0.137. The molecule has 1 rings (SSSR count). The summed E-state index contributed by atoms with van der Waals surface area (Å²) in [6.07, 6.45) is -0.418. The molecule has 1 unspecified atom stereocenters. The Morgan fingerprint density at radius 1 is 1.41 bits per heavy atom. The molecule has 0 radical (unpaired) electrons. The van der Waals surface area contributed by atoms with Crippen LogP contribution in [0.4, 0.5) is 13.2 Å². The number of nitrogens with one attached hydrogen (secondary N) is 1. The van der Waals surface area contributed by atoms with E-state index in [0.29, 0.717) is 0 Å². The Balaban J connectivity index is 2.75. The summed E-state index contributed by atoms with van der Waals surface area (Å²) in [6, 6.07) is 4.60. The Morgan fingerprint density at radius 2 is 2.12 bits per heavy atom. The van der Waals surface area contributed by atoms with E-state index in [1.807, 2.05) is 0 Å². The van der Waals surface area contributed by atoms with Crippen LogP contribution in [0.3, 0.4) is 0 Å². The van der Waals surface area contributed by atoms with Crippen molar-refractivity contribution in [3.05, 3.63) is 35.4 Å². The number of alkyl halides is 3. The molecule has 17 heavy (non-hydrogen) atoms. The molecule has 92 valence electrons. The quantitative estimate of drug-likeness (QED) is 0.626. The highest BCUT2D eigenvalue weighted by Crippen LogP contribution is 2.30. The fourth-order valence-electron chi connectivity index (χ4n) is 1.32. The van der Waals surface area contributed by atoms with Gasteiger partial charge in [-0.2, -0.15) is 13.2 Å². The van der Waals surface area contributed by atoms with E-state index in [4.69, 9.17) is 6.42 Å². The summed E-state index contributed by atoms with van der Waals surface area (Å²) in [7, 11) is 0. The third-order valence-corrected chi connectivity index (χ3v) is 2.16. The number of halogens is 3. The van der Waals surface area contributed by atoms with Gasteiger partial charge in [-0.25, -0.2) is 0 Å². The molecule has 0 aliphatic heterocycles. The highest BCUT2D eigenvalue weighted by molar-refractivity contribution is 5.27. The molecular formula is C12H12F3NO. The van der Waals surface area contributed by atoms with Gasteiger partial charge in [0.05, 0.1) is 18.2 Å². The Labute approximate surface area is 97.5 Å². The van der Waals surface area contributed by atoms with Crippen LogP contribution >= 0.6 is 0 Å². The van der Waals surface area contributed by atoms with Crippen LogP contribution in [0.5, 0.6) is 0 Å². The topological polar surface area (TPSA) is 32.3 Å². The minimum absolute atomic E-state index is 0.117. The van der Waals surface area contributed by atoms with Crippen LogP contribution in [-0.4, -0.2) is 18.2 Å². The molecule has 0 saturated carbocycles. The minimum atomic E-state index is -4.40. The van der Waals surface area contributed by atoms with Crippen molar-refractivity contribution in [2.45, 2.75) is 12.3 Å². The molecule has 1 aromatic carbocycles. The summed E-state index contributed by atoms with van der Waals surface area (Å²) in [5.41, 5.74) is -0.560. The van der Waals surface area contributed by atoms with Gasteiger partial charge in [-0.05, 0) is 17.7 Å². The maximum absolute atomic E-state index is 12.4. The summed E-state index contributed by atoms with van der Waals surface area (Å²) in [4.78, 5) is 0. The molecule has 1 aromatic rings. The molecule has 0 heterocycles. The van der Waals surface area contributed by atoms with Crippen LogP contribution in [0.15, 0.2) is 24.3 Å². The van der Waals surface area contributed by atoms with Gasteiger partial charge in [0.15, 0.2) is 0 Å². The summed E-state index contributed by atoms with van der Waals surface area (Å²) >= 11 is 0. The molecule has 2 nitrogen and oxygen atoms in total. The van der Waals surface area contributed by atoms with Crippen LogP contribution in [-0.2, 0) is 6.18 Å². The number of hydrogen-bond donors (Lipinski definition) is 2. The summed E-state index contributed by atoms with van der Waals surface area (Å²) in [5, 5.41) is 12.4. The Kier molecular flexibility index (Phi) is 4.55. The smallest absolute Gasteiger partial charge is 0.387 e. The van der Waals surface area contributed by atoms with Crippen LogP contribution < -0.4 is 5.32 Å². The third-order valence-electron chi connectivity index (χ3n) is 2.16. The summed E-state index contributed by atoms with van der Waals surface area (Å²) in [5.74, 6) is 2.31. The third kappa shape index (κ3) is 4.10. The first-order chi connectivity index (χ1) is 7.95. The fourth-order valence-corrected chi connectivity index (χ4v) is 1.32. The van der Waals surface area contributed by atoms with Crippen LogP contribution in [0.25, 0.3) is 0 Å². The number of benzene rings is 1. The van der Waals surface area contributed by atoms with Crippen molar-refractivity contribution in [3.8, 4) is 12.3 Å². The first kappa shape index (κ1) is 13.6. The molecule has 5 heteroatoms. The van der Waals surface area contributed by atoms with Gasteiger partial charge in [0.25, 0.3) is 0 Å². The number of hydrogen-bond acceptors (Lipinski definition) is 2. The second kappa shape index (κ2) is 5.71. The van der Waals surface area contributed by atoms with Gasteiger partial charge < -0.3 is 10.4 Å². The normalized spacial score (nSPS) is 13.1. The molecule has 0 amide bonds. The maximum atomic E-state index is 12.4. The van der Waals surface area contributed by atoms with E-state index in [0.717, 1.165) is 12.1 Å². The molecule has 0 spiro atoms. The van der Waals surface area contributed by atoms with E-state index < -0.39 is 17.8 Å². The molecule has 0 aliphatic rings. The van der Waals surface area contributed by atoms with Crippen molar-refractivity contribution >= 4 is 0 Å². The molecule has 0 saturated heterocycles. The van der Waals surface area contributed by atoms with Crippen molar-refractivity contribution in [3.63, 3.8) is 0 Å². The lowest BCUT2D eigenvalue weighted by Crippen LogP contribution is -2.21. The van der Waals surface area contributed by atoms with E-state index in [-0.39, 0.29) is 18.7 Å². The van der Waals surface area contributed by atoms with Gasteiger partial charge in [0.2, 0.25) is 0 Å². The number of aliphatic hydroxyl groups excluding tert-OH is 1. The average Bonchev–Trinajstić information content (AvgIpc) is 2.28. The predicted octanol–water partition coefficient (Wildman–Crippen LogP) is 1.96. The van der Waals surface area contributed by atoms with Gasteiger partial charge in [0.1, 0.15) is 0 Å². The zero-order valence-corrected chi connectivity index (χ0v) is 8.96. The van der Waals surface area contributed by atoms with E-state index in [1.54, 1.807) is 0 Å². The molecule has 0 aliphatic carbocycles.